The first kappa shape index (κ1) is 10.7. The van der Waals surface area contributed by atoms with Gasteiger partial charge in [0.25, 0.3) is 22.2 Å². The molecule has 5 rings (SSSR count). The molecular formula is C27H24N2O4. The molecule has 5 aromatic rings. The van der Waals surface area contributed by atoms with E-state index in [0.717, 1.165) is 16.7 Å². The lowest BCUT2D eigenvalue weighted by molar-refractivity contribution is 0.856. The molecule has 166 valence electrons. The van der Waals surface area contributed by atoms with E-state index < -0.39 is 90.3 Å². The Hall–Kier alpha value is -4.06. The zero-order valence-electron chi connectivity index (χ0n) is 31.4. The summed E-state index contributed by atoms with van der Waals surface area (Å²) in [6.07, 6.45) is 0. The minimum Gasteiger partial charge on any atom is -0.277 e. The summed E-state index contributed by atoms with van der Waals surface area (Å²) >= 11 is 0. The van der Waals surface area contributed by atoms with Crippen molar-refractivity contribution in [1.82, 2.24) is 9.13 Å². The quantitative estimate of drug-likeness (QED) is 0.389. The molecule has 0 fully saturated rings. The summed E-state index contributed by atoms with van der Waals surface area (Å²) < 4.78 is 108. The molecule has 0 spiro atoms. The smallest absolute Gasteiger partial charge is 0.266 e. The van der Waals surface area contributed by atoms with Gasteiger partial charge in [-0.15, -0.1) is 0 Å². The Morgan fingerprint density at radius 2 is 1.27 bits per heavy atom. The van der Waals surface area contributed by atoms with Gasteiger partial charge in [-0.1, -0.05) is 41.8 Å². The second kappa shape index (κ2) is 8.13. The minimum atomic E-state index is -3.04. The molecule has 0 atom stereocenters. The van der Waals surface area contributed by atoms with Crippen LogP contribution >= 0.6 is 0 Å². The van der Waals surface area contributed by atoms with Gasteiger partial charge in [0, 0.05) is 16.6 Å². The highest BCUT2D eigenvalue weighted by Gasteiger charge is 2.19. The van der Waals surface area contributed by atoms with Crippen molar-refractivity contribution in [2.24, 2.45) is 7.05 Å². The van der Waals surface area contributed by atoms with Crippen LogP contribution in [0, 0.1) is 27.5 Å². The molecule has 33 heavy (non-hydrogen) atoms. The van der Waals surface area contributed by atoms with Crippen molar-refractivity contribution in [2.75, 3.05) is 0 Å². The molecule has 3 aromatic carbocycles. The lowest BCUT2D eigenvalue weighted by Gasteiger charge is -2.05. The number of hydrogen-bond donors (Lipinski definition) is 0. The first-order valence-corrected chi connectivity index (χ1v) is 9.39. The van der Waals surface area contributed by atoms with Gasteiger partial charge in [0.1, 0.15) is 0 Å². The van der Waals surface area contributed by atoms with E-state index in [2.05, 4.69) is 0 Å². The minimum absolute atomic E-state index is 0.0843. The monoisotopic (exact) mass is 454 g/mol. The third-order valence-electron chi connectivity index (χ3n) is 5.04. The Morgan fingerprint density at radius 3 is 1.82 bits per heavy atom. The van der Waals surface area contributed by atoms with Crippen molar-refractivity contribution in [1.29, 1.82) is 0 Å². The second-order valence-electron chi connectivity index (χ2n) is 7.14. The van der Waals surface area contributed by atoms with Crippen LogP contribution in [-0.4, -0.2) is 9.13 Å². The van der Waals surface area contributed by atoms with Gasteiger partial charge in [-0.05, 0) is 62.4 Å². The third kappa shape index (κ3) is 3.63. The van der Waals surface area contributed by atoms with Crippen LogP contribution in [-0.2, 0) is 7.05 Å². The number of fused-ring (bicyclic) bond motifs is 2. The Morgan fingerprint density at radius 1 is 0.727 bits per heavy atom. The summed E-state index contributed by atoms with van der Waals surface area (Å²) in [5, 5.41) is -0.700. The zero-order chi connectivity index (χ0) is 35.8. The Kier molecular flexibility index (Phi) is 2.64. The average molecular weight is 455 g/mol. The number of nitrogens with zero attached hydrogens (tertiary/aromatic N) is 2. The predicted molar refractivity (Wildman–Crippen MR) is 133 cm³/mol. The van der Waals surface area contributed by atoms with E-state index in [9.17, 15) is 19.2 Å². The zero-order valence-corrected chi connectivity index (χ0v) is 17.4. The van der Waals surface area contributed by atoms with E-state index >= 15 is 0 Å². The molecule has 6 heteroatoms. The van der Waals surface area contributed by atoms with Crippen molar-refractivity contribution in [3.05, 3.63) is 118 Å². The second-order valence-corrected chi connectivity index (χ2v) is 7.14. The Bertz CT molecular complexity index is 2240. The molecule has 0 radical (unpaired) electrons. The maximum absolute atomic E-state index is 13.2. The van der Waals surface area contributed by atoms with Crippen LogP contribution in [0.4, 0.5) is 0 Å². The standard InChI is InChI=1S/C19H14N2O4.C8H10/c1-9-4-5-15(10(2)6-9)21-18(24)13-7-11-12(8-14(13)19(21)25)17(23)20(3)16(11)22;1-7-5-3-4-6-8(7)2/h4-8H,1-3H3;3-6H,1-2H3/i1D,2D3,4D,5D,6D;1D3,3D,4D,5D,6D. The summed E-state index contributed by atoms with van der Waals surface area (Å²) in [7, 11) is 1.25. The maximum Gasteiger partial charge on any atom is 0.266 e. The molecule has 0 bridgehead atoms. The molecule has 0 aliphatic carbocycles. The maximum atomic E-state index is 13.2. The first-order chi connectivity index (χ1) is 21.5. The average Bonchev–Trinajstić information content (AvgIpc) is 3.34. The molecule has 2 heterocycles. The van der Waals surface area contributed by atoms with E-state index in [-0.39, 0.29) is 44.3 Å². The van der Waals surface area contributed by atoms with Crippen LogP contribution in [0.3, 0.4) is 0 Å². The summed E-state index contributed by atoms with van der Waals surface area (Å²) in [5.74, 6) is 0. The van der Waals surface area contributed by atoms with Gasteiger partial charge in [0.05, 0.1) is 36.8 Å². The van der Waals surface area contributed by atoms with E-state index in [1.807, 2.05) is 0 Å². The Labute approximate surface area is 209 Å². The number of aromatic nitrogens is 2. The molecule has 6 nitrogen and oxygen atoms in total. The fourth-order valence-corrected chi connectivity index (χ4v) is 3.28. The summed E-state index contributed by atoms with van der Waals surface area (Å²) in [6, 6.07) is -1.66. The molecule has 0 saturated carbocycles. The molecule has 0 aliphatic rings. The fraction of sp³-hybridized carbons (Fsp3) is 0.185. The molecule has 0 N–H and O–H groups in total. The van der Waals surface area contributed by atoms with E-state index in [1.165, 1.54) is 14.0 Å². The van der Waals surface area contributed by atoms with Crippen LogP contribution in [0.25, 0.3) is 27.2 Å². The van der Waals surface area contributed by atoms with Gasteiger partial charge in [0.15, 0.2) is 0 Å². The molecular weight excluding hydrogens is 416 g/mol. The van der Waals surface area contributed by atoms with E-state index in [4.69, 9.17) is 19.2 Å². The third-order valence-corrected chi connectivity index (χ3v) is 5.04. The summed E-state index contributed by atoms with van der Waals surface area (Å²) in [5.41, 5.74) is -5.49. The van der Waals surface area contributed by atoms with Gasteiger partial charge in [-0.3, -0.25) is 23.7 Å². The largest absolute Gasteiger partial charge is 0.277 e. The lowest BCUT2D eigenvalue weighted by atomic mass is 10.1. The van der Waals surface area contributed by atoms with Crippen LogP contribution in [0.1, 0.15) is 41.4 Å². The number of benzene rings is 3. The number of rotatable bonds is 1. The molecule has 0 saturated heterocycles. The molecule has 0 aliphatic heterocycles. The van der Waals surface area contributed by atoms with Gasteiger partial charge in [0.2, 0.25) is 0 Å². The lowest BCUT2D eigenvalue weighted by Crippen LogP contribution is -2.24. The normalized spacial score (nSPS) is 17.9. The van der Waals surface area contributed by atoms with E-state index in [0.29, 0.717) is 4.57 Å². The predicted octanol–water partition coefficient (Wildman–Crippen LogP) is 3.36. The van der Waals surface area contributed by atoms with Crippen molar-refractivity contribution in [3.63, 3.8) is 0 Å². The van der Waals surface area contributed by atoms with Crippen LogP contribution < -0.4 is 22.2 Å². The van der Waals surface area contributed by atoms with Crippen LogP contribution in [0.2, 0.25) is 0 Å². The van der Waals surface area contributed by atoms with Gasteiger partial charge >= 0.3 is 0 Å². The van der Waals surface area contributed by atoms with Crippen LogP contribution in [0.15, 0.2) is 73.6 Å². The van der Waals surface area contributed by atoms with Crippen molar-refractivity contribution >= 4 is 21.5 Å². The van der Waals surface area contributed by atoms with Gasteiger partial charge in [-0.25, -0.2) is 4.57 Å². The van der Waals surface area contributed by atoms with Crippen molar-refractivity contribution < 1.29 is 19.2 Å². The highest BCUT2D eigenvalue weighted by Crippen LogP contribution is 2.18. The SMILES string of the molecule is [2H]Cc1c([2H])c([2H])c(-n2c(=O)c3cc4c(=O)n(C)c(=O)c4cc3c2=O)c(C([2H])([2H])[2H])c1[2H].[2H]c1c([2H])c([2H])c(C([2H])([2H])[2H])c(C)c1[2H]. The van der Waals surface area contributed by atoms with E-state index in [1.54, 1.807) is 0 Å². The van der Waals surface area contributed by atoms with Crippen molar-refractivity contribution in [3.8, 4) is 5.69 Å². The fourth-order valence-electron chi connectivity index (χ4n) is 3.28. The first-order valence-electron chi connectivity index (χ1n) is 16.6. The summed E-state index contributed by atoms with van der Waals surface area (Å²) in [4.78, 5) is 50.8. The highest BCUT2D eigenvalue weighted by molar-refractivity contribution is 5.98. The molecule has 0 amide bonds. The molecule has 0 unspecified atom stereocenters. The van der Waals surface area contributed by atoms with Gasteiger partial charge < -0.3 is 0 Å². The molecule has 2 aromatic heterocycles. The van der Waals surface area contributed by atoms with Crippen molar-refractivity contribution in [2.45, 2.75) is 27.5 Å². The number of hydrogen-bond acceptors (Lipinski definition) is 4. The summed E-state index contributed by atoms with van der Waals surface area (Å²) in [6.45, 7) is -4.80. The topological polar surface area (TPSA) is 78.1 Å². The Balaban J connectivity index is 0.000000280. The van der Waals surface area contributed by atoms with Gasteiger partial charge in [-0.2, -0.15) is 0 Å². The highest BCUT2D eigenvalue weighted by atomic mass is 16.2. The van der Waals surface area contributed by atoms with Crippen LogP contribution in [0.5, 0.6) is 0 Å².